The number of hydrogen-bond acceptors (Lipinski definition) is 2. The second kappa shape index (κ2) is 2.27. The van der Waals surface area contributed by atoms with Crippen molar-refractivity contribution in [2.24, 2.45) is 5.92 Å². The van der Waals surface area contributed by atoms with Crippen LogP contribution in [0.25, 0.3) is 0 Å². The molecule has 52 valence electrons. The molecule has 9 heavy (non-hydrogen) atoms. The van der Waals surface area contributed by atoms with Gasteiger partial charge < -0.3 is 4.74 Å². The molecule has 1 atom stereocenters. The quantitative estimate of drug-likeness (QED) is 0.560. The molecule has 0 bridgehead atoms. The topological polar surface area (TPSA) is 21.3 Å². The van der Waals surface area contributed by atoms with Gasteiger partial charge in [-0.3, -0.25) is 5.32 Å². The van der Waals surface area contributed by atoms with E-state index in [0.29, 0.717) is 6.23 Å². The standard InChI is InChI=1S/C7H13NO/c1-2-6(3-1)7-8-4-5-9-7/h6-8H,1-5H2. The zero-order valence-corrected chi connectivity index (χ0v) is 5.60. The molecule has 2 nitrogen and oxygen atoms in total. The molecule has 0 spiro atoms. The lowest BCUT2D eigenvalue weighted by Gasteiger charge is -2.30. The van der Waals surface area contributed by atoms with E-state index in [1.54, 1.807) is 0 Å². The molecule has 1 unspecified atom stereocenters. The van der Waals surface area contributed by atoms with Gasteiger partial charge in [0, 0.05) is 6.54 Å². The molecule has 0 amide bonds. The van der Waals surface area contributed by atoms with E-state index in [1.807, 2.05) is 0 Å². The molecule has 1 saturated carbocycles. The van der Waals surface area contributed by atoms with Gasteiger partial charge in [-0.25, -0.2) is 0 Å². The summed E-state index contributed by atoms with van der Waals surface area (Å²) in [6.45, 7) is 1.97. The molecule has 1 saturated heterocycles. The summed E-state index contributed by atoms with van der Waals surface area (Å²) in [5, 5.41) is 3.34. The van der Waals surface area contributed by atoms with Crippen LogP contribution >= 0.6 is 0 Å². The summed E-state index contributed by atoms with van der Waals surface area (Å²) in [5.41, 5.74) is 0. The van der Waals surface area contributed by atoms with Gasteiger partial charge in [-0.1, -0.05) is 6.42 Å². The normalized spacial score (nSPS) is 36.7. The Morgan fingerprint density at radius 3 is 2.67 bits per heavy atom. The summed E-state index contributed by atoms with van der Waals surface area (Å²) in [6.07, 6.45) is 4.57. The van der Waals surface area contributed by atoms with Gasteiger partial charge in [0.2, 0.25) is 0 Å². The van der Waals surface area contributed by atoms with Crippen molar-refractivity contribution in [2.75, 3.05) is 13.2 Å². The lowest BCUT2D eigenvalue weighted by atomic mass is 9.84. The maximum atomic E-state index is 5.45. The van der Waals surface area contributed by atoms with Gasteiger partial charge in [0.1, 0.15) is 6.23 Å². The van der Waals surface area contributed by atoms with Gasteiger partial charge in [-0.15, -0.1) is 0 Å². The zero-order valence-electron chi connectivity index (χ0n) is 5.60. The molecule has 2 fully saturated rings. The number of rotatable bonds is 1. The Balaban J connectivity index is 1.82. The highest BCUT2D eigenvalue weighted by Crippen LogP contribution is 2.30. The smallest absolute Gasteiger partial charge is 0.111 e. The van der Waals surface area contributed by atoms with Crippen molar-refractivity contribution in [3.8, 4) is 0 Å². The van der Waals surface area contributed by atoms with Gasteiger partial charge in [0.05, 0.1) is 6.61 Å². The zero-order chi connectivity index (χ0) is 6.10. The Morgan fingerprint density at radius 2 is 2.22 bits per heavy atom. The van der Waals surface area contributed by atoms with Gasteiger partial charge in [-0.05, 0) is 18.8 Å². The molecule has 0 aromatic rings. The SMILES string of the molecule is C1CC(C2NCCO2)C1. The Hall–Kier alpha value is -0.0800. The van der Waals surface area contributed by atoms with Crippen LogP contribution in [0.15, 0.2) is 0 Å². The highest BCUT2D eigenvalue weighted by atomic mass is 16.5. The summed E-state index contributed by atoms with van der Waals surface area (Å²) in [5.74, 6) is 0.840. The number of ether oxygens (including phenoxy) is 1. The molecule has 2 rings (SSSR count). The van der Waals surface area contributed by atoms with E-state index in [0.717, 1.165) is 19.1 Å². The van der Waals surface area contributed by atoms with Crippen LogP contribution in [-0.4, -0.2) is 19.4 Å². The molecule has 2 heteroatoms. The van der Waals surface area contributed by atoms with Gasteiger partial charge in [0.15, 0.2) is 0 Å². The fraction of sp³-hybridized carbons (Fsp3) is 1.00. The first kappa shape index (κ1) is 5.69. The third-order valence-electron chi connectivity index (χ3n) is 2.32. The highest BCUT2D eigenvalue weighted by molar-refractivity contribution is 4.79. The van der Waals surface area contributed by atoms with Crippen LogP contribution in [0.3, 0.4) is 0 Å². The fourth-order valence-corrected chi connectivity index (χ4v) is 1.49. The first-order chi connectivity index (χ1) is 4.47. The first-order valence-corrected chi connectivity index (χ1v) is 3.82. The van der Waals surface area contributed by atoms with E-state index in [4.69, 9.17) is 4.74 Å². The average molecular weight is 127 g/mol. The molecule has 1 aliphatic heterocycles. The Labute approximate surface area is 55.6 Å². The predicted molar refractivity (Wildman–Crippen MR) is 35.1 cm³/mol. The minimum absolute atomic E-state index is 0.416. The minimum Gasteiger partial charge on any atom is -0.362 e. The van der Waals surface area contributed by atoms with Crippen LogP contribution in [0, 0.1) is 5.92 Å². The highest BCUT2D eigenvalue weighted by Gasteiger charge is 2.29. The van der Waals surface area contributed by atoms with Crippen molar-refractivity contribution in [1.29, 1.82) is 0 Å². The first-order valence-electron chi connectivity index (χ1n) is 3.82. The van der Waals surface area contributed by atoms with Gasteiger partial charge >= 0.3 is 0 Å². The van der Waals surface area contributed by atoms with Crippen LogP contribution in [0.5, 0.6) is 0 Å². The van der Waals surface area contributed by atoms with Crippen molar-refractivity contribution in [3.05, 3.63) is 0 Å². The largest absolute Gasteiger partial charge is 0.362 e. The third kappa shape index (κ3) is 0.970. The van der Waals surface area contributed by atoms with E-state index < -0.39 is 0 Å². The Bertz CT molecular complexity index is 95.1. The maximum absolute atomic E-state index is 5.45. The van der Waals surface area contributed by atoms with Gasteiger partial charge in [0.25, 0.3) is 0 Å². The van der Waals surface area contributed by atoms with Crippen molar-refractivity contribution in [1.82, 2.24) is 5.32 Å². The molecule has 2 aliphatic rings. The summed E-state index contributed by atoms with van der Waals surface area (Å²) in [6, 6.07) is 0. The lowest BCUT2D eigenvalue weighted by Crippen LogP contribution is -2.35. The van der Waals surface area contributed by atoms with Crippen LogP contribution in [-0.2, 0) is 4.74 Å². The molecule has 1 aliphatic carbocycles. The lowest BCUT2D eigenvalue weighted by molar-refractivity contribution is 0.0200. The summed E-state index contributed by atoms with van der Waals surface area (Å²) in [4.78, 5) is 0. The van der Waals surface area contributed by atoms with Crippen LogP contribution < -0.4 is 5.32 Å². The van der Waals surface area contributed by atoms with Crippen molar-refractivity contribution in [3.63, 3.8) is 0 Å². The van der Waals surface area contributed by atoms with Crippen LogP contribution in [0.2, 0.25) is 0 Å². The van der Waals surface area contributed by atoms with E-state index in [2.05, 4.69) is 5.32 Å². The van der Waals surface area contributed by atoms with Crippen LogP contribution in [0.1, 0.15) is 19.3 Å². The third-order valence-corrected chi connectivity index (χ3v) is 2.32. The van der Waals surface area contributed by atoms with Crippen LogP contribution in [0.4, 0.5) is 0 Å². The second-order valence-corrected chi connectivity index (χ2v) is 2.94. The Morgan fingerprint density at radius 1 is 1.33 bits per heavy atom. The number of nitrogens with one attached hydrogen (secondary N) is 1. The molecular weight excluding hydrogens is 114 g/mol. The predicted octanol–water partition coefficient (Wildman–Crippen LogP) is 0.732. The Kier molecular flexibility index (Phi) is 1.44. The van der Waals surface area contributed by atoms with Crippen molar-refractivity contribution in [2.45, 2.75) is 25.5 Å². The average Bonchev–Trinajstić information content (AvgIpc) is 2.11. The molecule has 0 radical (unpaired) electrons. The number of hydrogen-bond donors (Lipinski definition) is 1. The second-order valence-electron chi connectivity index (χ2n) is 2.94. The maximum Gasteiger partial charge on any atom is 0.111 e. The van der Waals surface area contributed by atoms with Gasteiger partial charge in [-0.2, -0.15) is 0 Å². The van der Waals surface area contributed by atoms with Crippen molar-refractivity contribution >= 4 is 0 Å². The fourth-order valence-electron chi connectivity index (χ4n) is 1.49. The minimum atomic E-state index is 0.416. The van der Waals surface area contributed by atoms with Crippen molar-refractivity contribution < 1.29 is 4.74 Å². The van der Waals surface area contributed by atoms with E-state index in [9.17, 15) is 0 Å². The molecular formula is C7H13NO. The molecule has 0 aromatic carbocycles. The summed E-state index contributed by atoms with van der Waals surface area (Å²) >= 11 is 0. The summed E-state index contributed by atoms with van der Waals surface area (Å²) < 4.78 is 5.45. The monoisotopic (exact) mass is 127 g/mol. The molecule has 1 N–H and O–H groups in total. The van der Waals surface area contributed by atoms with E-state index >= 15 is 0 Å². The van der Waals surface area contributed by atoms with E-state index in [1.165, 1.54) is 19.3 Å². The summed E-state index contributed by atoms with van der Waals surface area (Å²) in [7, 11) is 0. The molecule has 0 aromatic heterocycles. The van der Waals surface area contributed by atoms with E-state index in [-0.39, 0.29) is 0 Å². The molecule has 1 heterocycles.